The maximum absolute atomic E-state index is 13.0. The zero-order valence-corrected chi connectivity index (χ0v) is 11.6. The molecule has 0 saturated heterocycles. The minimum Gasteiger partial charge on any atom is -0.477 e. The number of halogens is 3. The molecule has 0 spiro atoms. The maximum Gasteiger partial charge on any atom is 0.349 e. The van der Waals surface area contributed by atoms with Gasteiger partial charge in [0.2, 0.25) is 0 Å². The summed E-state index contributed by atoms with van der Waals surface area (Å²) < 4.78 is 18.8. The molecule has 1 N–H and O–H groups in total. The van der Waals surface area contributed by atoms with Gasteiger partial charge in [0.25, 0.3) is 5.19 Å². The Kier molecular flexibility index (Phi) is 3.84. The maximum atomic E-state index is 13.0. The summed E-state index contributed by atoms with van der Waals surface area (Å²) in [5.74, 6) is -1.47. The van der Waals surface area contributed by atoms with Crippen LogP contribution in [0, 0.1) is 5.82 Å². The first-order chi connectivity index (χ1) is 8.47. The van der Waals surface area contributed by atoms with E-state index in [0.717, 1.165) is 17.4 Å². The van der Waals surface area contributed by atoms with Crippen molar-refractivity contribution < 1.29 is 19.0 Å². The van der Waals surface area contributed by atoms with Crippen LogP contribution in [0.15, 0.2) is 22.7 Å². The number of hydrogen-bond donors (Lipinski definition) is 1. The van der Waals surface area contributed by atoms with Crippen molar-refractivity contribution in [2.45, 2.75) is 0 Å². The zero-order chi connectivity index (χ0) is 13.3. The summed E-state index contributed by atoms with van der Waals surface area (Å²) in [6, 6.07) is 3.88. The van der Waals surface area contributed by atoms with Crippen LogP contribution in [-0.2, 0) is 0 Å². The van der Waals surface area contributed by atoms with Gasteiger partial charge in [0.05, 0.1) is 4.47 Å². The van der Waals surface area contributed by atoms with Gasteiger partial charge in [-0.15, -0.1) is 0 Å². The molecule has 18 heavy (non-hydrogen) atoms. The molecule has 0 saturated carbocycles. The lowest BCUT2D eigenvalue weighted by atomic mass is 10.3. The number of rotatable bonds is 3. The van der Waals surface area contributed by atoms with Gasteiger partial charge >= 0.3 is 5.97 Å². The van der Waals surface area contributed by atoms with Gasteiger partial charge in [0.1, 0.15) is 11.6 Å². The summed E-state index contributed by atoms with van der Waals surface area (Å²) in [5, 5.41) is 8.68. The fourth-order valence-corrected chi connectivity index (χ4v) is 2.42. The van der Waals surface area contributed by atoms with E-state index in [1.165, 1.54) is 12.1 Å². The standard InChI is InChI=1S/C10H4BrClFNO3S/c11-5-2-1-4(13)3-6(5)17-10-14-8(12)7(18-10)9(15)16/h1-3H,(H,15,16). The Bertz CT molecular complexity index is 619. The molecule has 0 aliphatic heterocycles. The molecule has 0 amide bonds. The summed E-state index contributed by atoms with van der Waals surface area (Å²) >= 11 is 9.58. The summed E-state index contributed by atoms with van der Waals surface area (Å²) in [7, 11) is 0. The molecular weight excluding hydrogens is 349 g/mol. The Hall–Kier alpha value is -1.18. The first-order valence-corrected chi connectivity index (χ1v) is 6.48. The van der Waals surface area contributed by atoms with Crippen LogP contribution in [0.1, 0.15) is 9.67 Å². The molecule has 0 atom stereocenters. The first kappa shape index (κ1) is 13.3. The van der Waals surface area contributed by atoms with Crippen molar-refractivity contribution in [3.8, 4) is 10.9 Å². The predicted molar refractivity (Wildman–Crippen MR) is 68.3 cm³/mol. The van der Waals surface area contributed by atoms with Crippen LogP contribution in [0.4, 0.5) is 4.39 Å². The highest BCUT2D eigenvalue weighted by molar-refractivity contribution is 9.10. The molecule has 2 aromatic rings. The Balaban J connectivity index is 2.31. The molecule has 94 valence electrons. The second-order valence-corrected chi connectivity index (χ2v) is 5.26. The fourth-order valence-electron chi connectivity index (χ4n) is 1.11. The third-order valence-corrected chi connectivity index (χ3v) is 3.81. The first-order valence-electron chi connectivity index (χ1n) is 4.50. The molecule has 0 radical (unpaired) electrons. The van der Waals surface area contributed by atoms with E-state index in [1.54, 1.807) is 0 Å². The van der Waals surface area contributed by atoms with E-state index in [1.807, 2.05) is 0 Å². The number of nitrogens with zero attached hydrogens (tertiary/aromatic N) is 1. The lowest BCUT2D eigenvalue weighted by molar-refractivity contribution is 0.0702. The van der Waals surface area contributed by atoms with Crippen molar-refractivity contribution in [1.82, 2.24) is 4.98 Å². The number of carboxylic acid groups (broad SMARTS) is 1. The molecule has 1 aromatic carbocycles. The Morgan fingerprint density at radius 3 is 2.89 bits per heavy atom. The molecule has 0 aliphatic carbocycles. The minimum atomic E-state index is -1.19. The van der Waals surface area contributed by atoms with Crippen LogP contribution in [0.2, 0.25) is 5.15 Å². The van der Waals surface area contributed by atoms with Crippen LogP contribution in [0.25, 0.3) is 0 Å². The van der Waals surface area contributed by atoms with Gasteiger partial charge in [-0.1, -0.05) is 22.9 Å². The van der Waals surface area contributed by atoms with E-state index in [2.05, 4.69) is 20.9 Å². The number of ether oxygens (including phenoxy) is 1. The number of aromatic carboxylic acids is 1. The monoisotopic (exact) mass is 351 g/mol. The van der Waals surface area contributed by atoms with Crippen molar-refractivity contribution >= 4 is 44.8 Å². The lowest BCUT2D eigenvalue weighted by Crippen LogP contribution is -1.91. The molecule has 8 heteroatoms. The third kappa shape index (κ3) is 2.80. The number of hydrogen-bond acceptors (Lipinski definition) is 4. The van der Waals surface area contributed by atoms with Gasteiger partial charge in [0.15, 0.2) is 10.0 Å². The van der Waals surface area contributed by atoms with Crippen LogP contribution >= 0.6 is 38.9 Å². The topological polar surface area (TPSA) is 59.4 Å². The van der Waals surface area contributed by atoms with Crippen LogP contribution in [0.5, 0.6) is 10.9 Å². The van der Waals surface area contributed by atoms with Crippen molar-refractivity contribution in [2.24, 2.45) is 0 Å². The molecule has 2 rings (SSSR count). The lowest BCUT2D eigenvalue weighted by Gasteiger charge is -2.03. The van der Waals surface area contributed by atoms with Gasteiger partial charge in [-0.25, -0.2) is 9.18 Å². The number of carbonyl (C=O) groups is 1. The van der Waals surface area contributed by atoms with Crippen molar-refractivity contribution in [1.29, 1.82) is 0 Å². The highest BCUT2D eigenvalue weighted by Gasteiger charge is 2.17. The normalized spacial score (nSPS) is 10.4. The highest BCUT2D eigenvalue weighted by Crippen LogP contribution is 2.35. The van der Waals surface area contributed by atoms with Gasteiger partial charge in [-0.05, 0) is 28.1 Å². The summed E-state index contributed by atoms with van der Waals surface area (Å²) in [4.78, 5) is 14.4. The summed E-state index contributed by atoms with van der Waals surface area (Å²) in [6.45, 7) is 0. The second-order valence-electron chi connectivity index (χ2n) is 3.08. The number of thiazole rings is 1. The molecular formula is C10H4BrClFNO3S. The smallest absolute Gasteiger partial charge is 0.349 e. The van der Waals surface area contributed by atoms with E-state index < -0.39 is 11.8 Å². The molecule has 0 unspecified atom stereocenters. The average Bonchev–Trinajstić information content (AvgIpc) is 2.65. The number of carboxylic acids is 1. The molecule has 0 fully saturated rings. The molecule has 4 nitrogen and oxygen atoms in total. The molecule has 1 heterocycles. The average molecular weight is 353 g/mol. The molecule has 0 bridgehead atoms. The molecule has 1 aromatic heterocycles. The Morgan fingerprint density at radius 1 is 1.56 bits per heavy atom. The van der Waals surface area contributed by atoms with E-state index in [9.17, 15) is 9.18 Å². The SMILES string of the molecule is O=C(O)c1sc(Oc2cc(F)ccc2Br)nc1Cl. The summed E-state index contributed by atoms with van der Waals surface area (Å²) in [5.41, 5.74) is 0. The molecule has 0 aliphatic rings. The highest BCUT2D eigenvalue weighted by atomic mass is 79.9. The van der Waals surface area contributed by atoms with Gasteiger partial charge < -0.3 is 9.84 Å². The minimum absolute atomic E-state index is 0.0312. The zero-order valence-electron chi connectivity index (χ0n) is 8.49. The summed E-state index contributed by atoms with van der Waals surface area (Å²) in [6.07, 6.45) is 0. The van der Waals surface area contributed by atoms with E-state index in [4.69, 9.17) is 21.4 Å². The van der Waals surface area contributed by atoms with E-state index >= 15 is 0 Å². The largest absolute Gasteiger partial charge is 0.477 e. The van der Waals surface area contributed by atoms with Crippen LogP contribution in [0.3, 0.4) is 0 Å². The Labute approximate surface area is 118 Å². The van der Waals surface area contributed by atoms with Crippen LogP contribution < -0.4 is 4.74 Å². The van der Waals surface area contributed by atoms with Crippen LogP contribution in [-0.4, -0.2) is 16.1 Å². The van der Waals surface area contributed by atoms with Crippen molar-refractivity contribution in [3.63, 3.8) is 0 Å². The van der Waals surface area contributed by atoms with Crippen molar-refractivity contribution in [3.05, 3.63) is 38.5 Å². The van der Waals surface area contributed by atoms with E-state index in [0.29, 0.717) is 4.47 Å². The second kappa shape index (κ2) is 5.21. The van der Waals surface area contributed by atoms with Crippen molar-refractivity contribution in [2.75, 3.05) is 0 Å². The quantitative estimate of drug-likeness (QED) is 0.900. The van der Waals surface area contributed by atoms with Gasteiger partial charge in [-0.2, -0.15) is 4.98 Å². The third-order valence-electron chi connectivity index (χ3n) is 1.85. The predicted octanol–water partition coefficient (Wildman–Crippen LogP) is 4.19. The van der Waals surface area contributed by atoms with E-state index in [-0.39, 0.29) is 21.0 Å². The number of aromatic nitrogens is 1. The van der Waals surface area contributed by atoms with Gasteiger partial charge in [0, 0.05) is 6.07 Å². The Morgan fingerprint density at radius 2 is 2.28 bits per heavy atom. The fraction of sp³-hybridized carbons (Fsp3) is 0. The van der Waals surface area contributed by atoms with Gasteiger partial charge in [-0.3, -0.25) is 0 Å². The number of benzene rings is 1.